The molecule has 0 spiro atoms. The lowest BCUT2D eigenvalue weighted by atomic mass is 9.94. The summed E-state index contributed by atoms with van der Waals surface area (Å²) in [6.45, 7) is 3.07. The van der Waals surface area contributed by atoms with Crippen LogP contribution in [0.25, 0.3) is 5.76 Å². The molecule has 4 heteroatoms. The van der Waals surface area contributed by atoms with Crippen LogP contribution >= 0.6 is 0 Å². The topological polar surface area (TPSA) is 20.2 Å². The molecule has 0 saturated carbocycles. The zero-order chi connectivity index (χ0) is 9.30. The molecule has 0 saturated heterocycles. The van der Waals surface area contributed by atoms with Gasteiger partial charge in [0, 0.05) is 0 Å². The summed E-state index contributed by atoms with van der Waals surface area (Å²) in [5, 5.41) is 8.78. The average Bonchev–Trinajstić information content (AvgIpc) is 1.96. The lowest BCUT2D eigenvalue weighted by molar-refractivity contribution is 0.502. The van der Waals surface area contributed by atoms with Gasteiger partial charge in [-0.2, -0.15) is 0 Å². The Labute approximate surface area is 69.7 Å². The standard InChI is InChI=1S/C8H5BF2O/c1-4(12)5-2-8(11)6(9)3-7(5)10/h2-3,12H,1H2. The van der Waals surface area contributed by atoms with Crippen molar-refractivity contribution in [3.05, 3.63) is 35.9 Å². The zero-order valence-electron chi connectivity index (χ0n) is 6.14. The van der Waals surface area contributed by atoms with E-state index >= 15 is 0 Å². The zero-order valence-corrected chi connectivity index (χ0v) is 6.14. The van der Waals surface area contributed by atoms with E-state index in [2.05, 4.69) is 6.58 Å². The second-order valence-corrected chi connectivity index (χ2v) is 2.30. The molecular weight excluding hydrogens is 161 g/mol. The summed E-state index contributed by atoms with van der Waals surface area (Å²) in [5.74, 6) is -2.09. The Kier molecular flexibility index (Phi) is 2.17. The summed E-state index contributed by atoms with van der Waals surface area (Å²) in [4.78, 5) is 0. The van der Waals surface area contributed by atoms with Crippen LogP contribution < -0.4 is 5.46 Å². The normalized spacial score (nSPS) is 9.83. The maximum absolute atomic E-state index is 12.8. The Morgan fingerprint density at radius 3 is 2.42 bits per heavy atom. The van der Waals surface area contributed by atoms with Crippen LogP contribution in [0.1, 0.15) is 5.56 Å². The van der Waals surface area contributed by atoms with Crippen molar-refractivity contribution in [3.63, 3.8) is 0 Å². The quantitative estimate of drug-likeness (QED) is 0.492. The van der Waals surface area contributed by atoms with Gasteiger partial charge in [-0.25, -0.2) is 8.78 Å². The van der Waals surface area contributed by atoms with Crippen molar-refractivity contribution < 1.29 is 13.9 Å². The van der Waals surface area contributed by atoms with E-state index in [1.807, 2.05) is 0 Å². The molecule has 1 rings (SSSR count). The van der Waals surface area contributed by atoms with Gasteiger partial charge in [0.05, 0.1) is 5.56 Å². The van der Waals surface area contributed by atoms with Crippen LogP contribution in [0.15, 0.2) is 18.7 Å². The summed E-state index contributed by atoms with van der Waals surface area (Å²) in [6.07, 6.45) is 0. The molecule has 0 bridgehead atoms. The van der Waals surface area contributed by atoms with E-state index in [0.717, 1.165) is 12.1 Å². The molecule has 60 valence electrons. The fourth-order valence-corrected chi connectivity index (χ4v) is 0.783. The van der Waals surface area contributed by atoms with Gasteiger partial charge in [0.2, 0.25) is 0 Å². The molecule has 12 heavy (non-hydrogen) atoms. The maximum atomic E-state index is 12.8. The predicted molar refractivity (Wildman–Crippen MR) is 43.4 cm³/mol. The van der Waals surface area contributed by atoms with Crippen molar-refractivity contribution in [2.24, 2.45) is 0 Å². The van der Waals surface area contributed by atoms with E-state index < -0.39 is 17.4 Å². The molecule has 0 fully saturated rings. The third-order valence-corrected chi connectivity index (χ3v) is 1.40. The minimum atomic E-state index is -0.790. The minimum absolute atomic E-state index is 0.276. The average molecular weight is 166 g/mol. The van der Waals surface area contributed by atoms with Gasteiger partial charge in [0.1, 0.15) is 25.2 Å². The molecule has 1 aromatic carbocycles. The van der Waals surface area contributed by atoms with Crippen molar-refractivity contribution in [1.82, 2.24) is 0 Å². The molecule has 0 atom stereocenters. The summed E-state index contributed by atoms with van der Waals surface area (Å²) < 4.78 is 25.5. The van der Waals surface area contributed by atoms with Crippen LogP contribution in [-0.2, 0) is 0 Å². The van der Waals surface area contributed by atoms with E-state index in [9.17, 15) is 8.78 Å². The first-order valence-corrected chi connectivity index (χ1v) is 3.15. The minimum Gasteiger partial charge on any atom is -0.508 e. The second-order valence-electron chi connectivity index (χ2n) is 2.30. The van der Waals surface area contributed by atoms with Crippen molar-refractivity contribution in [2.75, 3.05) is 0 Å². The third-order valence-electron chi connectivity index (χ3n) is 1.40. The fourth-order valence-electron chi connectivity index (χ4n) is 0.783. The molecule has 0 aromatic heterocycles. The van der Waals surface area contributed by atoms with Gasteiger partial charge in [-0.05, 0) is 12.1 Å². The molecule has 1 N–H and O–H groups in total. The van der Waals surface area contributed by atoms with Crippen molar-refractivity contribution in [2.45, 2.75) is 0 Å². The van der Waals surface area contributed by atoms with E-state index in [1.165, 1.54) is 0 Å². The number of hydrogen-bond donors (Lipinski definition) is 1. The summed E-state index contributed by atoms with van der Waals surface area (Å²) in [7, 11) is 5.06. The van der Waals surface area contributed by atoms with Crippen molar-refractivity contribution >= 4 is 19.1 Å². The Hall–Kier alpha value is -1.32. The summed E-state index contributed by atoms with van der Waals surface area (Å²) in [5.41, 5.74) is -0.570. The first-order chi connectivity index (χ1) is 5.52. The highest BCUT2D eigenvalue weighted by Gasteiger charge is 2.08. The van der Waals surface area contributed by atoms with Gasteiger partial charge >= 0.3 is 0 Å². The SMILES string of the molecule is [B]c1cc(F)c(C(=C)O)cc1F. The number of aliphatic hydroxyl groups is 1. The van der Waals surface area contributed by atoms with Crippen LogP contribution in [0.4, 0.5) is 8.78 Å². The Morgan fingerprint density at radius 1 is 1.33 bits per heavy atom. The van der Waals surface area contributed by atoms with Gasteiger partial charge in [-0.1, -0.05) is 12.0 Å². The molecule has 0 unspecified atom stereocenters. The van der Waals surface area contributed by atoms with Crippen LogP contribution in [0.2, 0.25) is 0 Å². The number of rotatable bonds is 1. The van der Waals surface area contributed by atoms with E-state index in [1.54, 1.807) is 0 Å². The molecule has 0 amide bonds. The van der Waals surface area contributed by atoms with Crippen molar-refractivity contribution in [3.8, 4) is 0 Å². The lowest BCUT2D eigenvalue weighted by Gasteiger charge is -2.03. The highest BCUT2D eigenvalue weighted by atomic mass is 19.1. The number of hydrogen-bond acceptors (Lipinski definition) is 1. The molecule has 0 aliphatic heterocycles. The second kappa shape index (κ2) is 2.97. The van der Waals surface area contributed by atoms with E-state index in [-0.39, 0.29) is 11.0 Å². The monoisotopic (exact) mass is 166 g/mol. The first-order valence-electron chi connectivity index (χ1n) is 3.15. The van der Waals surface area contributed by atoms with Crippen LogP contribution in [-0.4, -0.2) is 13.0 Å². The lowest BCUT2D eigenvalue weighted by Crippen LogP contribution is -2.10. The predicted octanol–water partition coefficient (Wildman–Crippen LogP) is 1.29. The van der Waals surface area contributed by atoms with Crippen molar-refractivity contribution in [1.29, 1.82) is 0 Å². The molecule has 0 heterocycles. The third kappa shape index (κ3) is 1.47. The van der Waals surface area contributed by atoms with Gasteiger partial charge in [0.15, 0.2) is 0 Å². The van der Waals surface area contributed by atoms with Crippen LogP contribution in [0.3, 0.4) is 0 Å². The molecule has 0 aliphatic rings. The molecule has 2 radical (unpaired) electrons. The van der Waals surface area contributed by atoms with Gasteiger partial charge < -0.3 is 5.11 Å². The highest BCUT2D eigenvalue weighted by molar-refractivity contribution is 6.32. The maximum Gasteiger partial charge on any atom is 0.133 e. The van der Waals surface area contributed by atoms with Crippen LogP contribution in [0.5, 0.6) is 0 Å². The van der Waals surface area contributed by atoms with Gasteiger partial charge in [-0.15, -0.1) is 0 Å². The van der Waals surface area contributed by atoms with E-state index in [0.29, 0.717) is 0 Å². The Morgan fingerprint density at radius 2 is 1.92 bits per heavy atom. The molecule has 1 nitrogen and oxygen atoms in total. The smallest absolute Gasteiger partial charge is 0.133 e. The van der Waals surface area contributed by atoms with E-state index in [4.69, 9.17) is 13.0 Å². The first kappa shape index (κ1) is 8.78. The Balaban J connectivity index is 3.33. The van der Waals surface area contributed by atoms with Crippen LogP contribution in [0, 0.1) is 11.6 Å². The number of halogens is 2. The molecule has 1 aromatic rings. The Bertz CT molecular complexity index is 336. The van der Waals surface area contributed by atoms with Gasteiger partial charge in [0.25, 0.3) is 0 Å². The summed E-state index contributed by atoms with van der Waals surface area (Å²) in [6, 6.07) is 1.60. The number of aliphatic hydroxyl groups excluding tert-OH is 1. The highest BCUT2D eigenvalue weighted by Crippen LogP contribution is 2.13. The fraction of sp³-hybridized carbons (Fsp3) is 0. The largest absolute Gasteiger partial charge is 0.508 e. The van der Waals surface area contributed by atoms with Gasteiger partial charge in [-0.3, -0.25) is 0 Å². The molecule has 0 aliphatic carbocycles. The number of benzene rings is 1. The summed E-state index contributed by atoms with van der Waals surface area (Å²) >= 11 is 0. The molecular formula is C8H5BF2O.